The number of carbonyl (C=O) groups is 3. The number of carboxylic acids is 1. The van der Waals surface area contributed by atoms with Gasteiger partial charge in [-0.3, -0.25) is 9.59 Å². The Labute approximate surface area is 119 Å². The zero-order valence-electron chi connectivity index (χ0n) is 12.8. The Hall–Kier alpha value is -1.79. The van der Waals surface area contributed by atoms with E-state index in [2.05, 4.69) is 10.6 Å². The standard InChI is InChI=1S/C13H25N3O4/c1-8(2)10(6-11(17)18)15-13(20)16(5)7-9(3)12(19)14-4/h8-10H,6-7H2,1-5H3,(H,14,19)(H,15,20)(H,17,18). The number of urea groups is 1. The second kappa shape index (κ2) is 8.39. The largest absolute Gasteiger partial charge is 0.481 e. The molecule has 2 unspecified atom stereocenters. The molecule has 0 rings (SSSR count). The fraction of sp³-hybridized carbons (Fsp3) is 0.769. The van der Waals surface area contributed by atoms with Crippen LogP contribution in [0.4, 0.5) is 4.79 Å². The highest BCUT2D eigenvalue weighted by Crippen LogP contribution is 2.07. The van der Waals surface area contributed by atoms with Crippen LogP contribution in [0.25, 0.3) is 0 Å². The summed E-state index contributed by atoms with van der Waals surface area (Å²) < 4.78 is 0. The highest BCUT2D eigenvalue weighted by molar-refractivity contribution is 5.80. The Balaban J connectivity index is 4.49. The molecule has 116 valence electrons. The van der Waals surface area contributed by atoms with Crippen LogP contribution in [0, 0.1) is 11.8 Å². The van der Waals surface area contributed by atoms with Crippen LogP contribution in [0.3, 0.4) is 0 Å². The van der Waals surface area contributed by atoms with Gasteiger partial charge in [0, 0.05) is 26.7 Å². The van der Waals surface area contributed by atoms with Gasteiger partial charge in [-0.2, -0.15) is 0 Å². The lowest BCUT2D eigenvalue weighted by atomic mass is 10.0. The molecular formula is C13H25N3O4. The van der Waals surface area contributed by atoms with E-state index in [9.17, 15) is 14.4 Å². The van der Waals surface area contributed by atoms with Crippen LogP contribution < -0.4 is 10.6 Å². The highest BCUT2D eigenvalue weighted by Gasteiger charge is 2.23. The molecule has 0 aromatic rings. The van der Waals surface area contributed by atoms with Crippen molar-refractivity contribution in [1.82, 2.24) is 15.5 Å². The number of aliphatic carboxylic acids is 1. The third kappa shape index (κ3) is 6.40. The van der Waals surface area contributed by atoms with Gasteiger partial charge in [-0.25, -0.2) is 4.79 Å². The third-order valence-electron chi connectivity index (χ3n) is 3.10. The number of carbonyl (C=O) groups excluding carboxylic acids is 2. The minimum Gasteiger partial charge on any atom is -0.481 e. The first-order valence-corrected chi connectivity index (χ1v) is 6.64. The van der Waals surface area contributed by atoms with E-state index in [-0.39, 0.29) is 36.7 Å². The van der Waals surface area contributed by atoms with Crippen LogP contribution in [0.5, 0.6) is 0 Å². The lowest BCUT2D eigenvalue weighted by Crippen LogP contribution is -2.48. The molecule has 0 aliphatic carbocycles. The van der Waals surface area contributed by atoms with E-state index in [0.717, 1.165) is 0 Å². The van der Waals surface area contributed by atoms with Crippen LogP contribution in [0.2, 0.25) is 0 Å². The van der Waals surface area contributed by atoms with Crippen molar-refractivity contribution in [2.24, 2.45) is 11.8 Å². The van der Waals surface area contributed by atoms with Crippen LogP contribution in [0.15, 0.2) is 0 Å². The molecule has 0 spiro atoms. The molecule has 0 aromatic heterocycles. The van der Waals surface area contributed by atoms with E-state index in [1.807, 2.05) is 13.8 Å². The van der Waals surface area contributed by atoms with Gasteiger partial charge in [0.05, 0.1) is 12.3 Å². The van der Waals surface area contributed by atoms with Crippen LogP contribution in [0.1, 0.15) is 27.2 Å². The zero-order chi connectivity index (χ0) is 15.9. The molecule has 0 radical (unpaired) electrons. The molecule has 2 atom stereocenters. The highest BCUT2D eigenvalue weighted by atomic mass is 16.4. The smallest absolute Gasteiger partial charge is 0.317 e. The first kappa shape index (κ1) is 18.2. The second-order valence-corrected chi connectivity index (χ2v) is 5.29. The van der Waals surface area contributed by atoms with Crippen LogP contribution >= 0.6 is 0 Å². The fourth-order valence-electron chi connectivity index (χ4n) is 1.73. The maximum atomic E-state index is 12.0. The molecule has 3 N–H and O–H groups in total. The summed E-state index contributed by atoms with van der Waals surface area (Å²) >= 11 is 0. The fourth-order valence-corrected chi connectivity index (χ4v) is 1.73. The van der Waals surface area contributed by atoms with Crippen molar-refractivity contribution in [2.45, 2.75) is 33.2 Å². The minimum absolute atomic E-state index is 0.0137. The van der Waals surface area contributed by atoms with Crippen molar-refractivity contribution < 1.29 is 19.5 Å². The van der Waals surface area contributed by atoms with E-state index in [4.69, 9.17) is 5.11 Å². The molecule has 0 bridgehead atoms. The SMILES string of the molecule is CNC(=O)C(C)CN(C)C(=O)NC(CC(=O)O)C(C)C. The van der Waals surface area contributed by atoms with Gasteiger partial charge in [-0.05, 0) is 5.92 Å². The molecular weight excluding hydrogens is 262 g/mol. The van der Waals surface area contributed by atoms with Gasteiger partial charge < -0.3 is 20.6 Å². The number of nitrogens with one attached hydrogen (secondary N) is 2. The minimum atomic E-state index is -0.953. The van der Waals surface area contributed by atoms with E-state index in [1.165, 1.54) is 4.90 Å². The normalized spacial score (nSPS) is 13.5. The number of hydrogen-bond donors (Lipinski definition) is 3. The summed E-state index contributed by atoms with van der Waals surface area (Å²) in [4.78, 5) is 35.5. The van der Waals surface area contributed by atoms with Crippen LogP contribution in [-0.4, -0.2) is 54.6 Å². The van der Waals surface area contributed by atoms with Gasteiger partial charge in [-0.1, -0.05) is 20.8 Å². The van der Waals surface area contributed by atoms with E-state index < -0.39 is 12.0 Å². The van der Waals surface area contributed by atoms with Crippen molar-refractivity contribution in [3.05, 3.63) is 0 Å². The van der Waals surface area contributed by atoms with E-state index in [1.54, 1.807) is 21.0 Å². The number of rotatable bonds is 7. The first-order valence-electron chi connectivity index (χ1n) is 6.64. The van der Waals surface area contributed by atoms with Crippen molar-refractivity contribution in [3.8, 4) is 0 Å². The summed E-state index contributed by atoms with van der Waals surface area (Å²) in [6, 6.07) is -0.807. The van der Waals surface area contributed by atoms with Crippen LogP contribution in [-0.2, 0) is 9.59 Å². The molecule has 0 saturated heterocycles. The second-order valence-electron chi connectivity index (χ2n) is 5.29. The van der Waals surface area contributed by atoms with E-state index in [0.29, 0.717) is 0 Å². The summed E-state index contributed by atoms with van der Waals surface area (Å²) in [6.07, 6.45) is -0.123. The molecule has 0 fully saturated rings. The maximum absolute atomic E-state index is 12.0. The molecule has 7 heteroatoms. The van der Waals surface area contributed by atoms with Gasteiger partial charge >= 0.3 is 12.0 Å². The molecule has 0 heterocycles. The lowest BCUT2D eigenvalue weighted by Gasteiger charge is -2.26. The Kier molecular flexibility index (Phi) is 7.64. The number of carboxylic acid groups (broad SMARTS) is 1. The van der Waals surface area contributed by atoms with Gasteiger partial charge in [0.25, 0.3) is 0 Å². The predicted molar refractivity (Wildman–Crippen MR) is 75.3 cm³/mol. The quantitative estimate of drug-likeness (QED) is 0.635. The molecule has 3 amide bonds. The average molecular weight is 287 g/mol. The summed E-state index contributed by atoms with van der Waals surface area (Å²) in [7, 11) is 3.12. The van der Waals surface area contributed by atoms with Gasteiger partial charge in [0.1, 0.15) is 0 Å². The van der Waals surface area contributed by atoms with Crippen molar-refractivity contribution in [2.75, 3.05) is 20.6 Å². The Morgan fingerprint density at radius 3 is 2.15 bits per heavy atom. The number of nitrogens with zero attached hydrogens (tertiary/aromatic N) is 1. The monoisotopic (exact) mass is 287 g/mol. The topological polar surface area (TPSA) is 98.7 Å². The molecule has 0 aliphatic rings. The van der Waals surface area contributed by atoms with Crippen molar-refractivity contribution in [3.63, 3.8) is 0 Å². The number of amides is 3. The summed E-state index contributed by atoms with van der Waals surface area (Å²) in [6.45, 7) is 5.69. The zero-order valence-corrected chi connectivity index (χ0v) is 12.8. The summed E-state index contributed by atoms with van der Waals surface area (Å²) in [5.41, 5.74) is 0. The first-order chi connectivity index (χ1) is 9.18. The molecule has 7 nitrogen and oxygen atoms in total. The van der Waals surface area contributed by atoms with Crippen molar-refractivity contribution >= 4 is 17.9 Å². The molecule has 0 aliphatic heterocycles. The van der Waals surface area contributed by atoms with Crippen molar-refractivity contribution in [1.29, 1.82) is 0 Å². The molecule has 20 heavy (non-hydrogen) atoms. The van der Waals surface area contributed by atoms with Gasteiger partial charge in [0.15, 0.2) is 0 Å². The summed E-state index contributed by atoms with van der Waals surface area (Å²) in [5.74, 6) is -1.41. The third-order valence-corrected chi connectivity index (χ3v) is 3.10. The van der Waals surface area contributed by atoms with E-state index >= 15 is 0 Å². The lowest BCUT2D eigenvalue weighted by molar-refractivity contribution is -0.137. The Bertz CT molecular complexity index is 358. The average Bonchev–Trinajstić information content (AvgIpc) is 2.35. The Morgan fingerprint density at radius 2 is 1.75 bits per heavy atom. The Morgan fingerprint density at radius 1 is 1.20 bits per heavy atom. The molecule has 0 aromatic carbocycles. The maximum Gasteiger partial charge on any atom is 0.317 e. The predicted octanol–water partition coefficient (Wildman–Crippen LogP) is 0.509. The van der Waals surface area contributed by atoms with Gasteiger partial charge in [0.2, 0.25) is 5.91 Å². The van der Waals surface area contributed by atoms with Gasteiger partial charge in [-0.15, -0.1) is 0 Å². The number of hydrogen-bond acceptors (Lipinski definition) is 3. The molecule has 0 saturated carbocycles. The summed E-state index contributed by atoms with van der Waals surface area (Å²) in [5, 5.41) is 14.0.